The van der Waals surface area contributed by atoms with E-state index < -0.39 is 0 Å². The van der Waals surface area contributed by atoms with Crippen molar-refractivity contribution in [3.05, 3.63) is 33.4 Å². The first-order valence-corrected chi connectivity index (χ1v) is 12.1. The first-order chi connectivity index (χ1) is 12.2. The van der Waals surface area contributed by atoms with Crippen LogP contribution in [0.25, 0.3) is 0 Å². The molecule has 0 heterocycles. The lowest BCUT2D eigenvalue weighted by Gasteiger charge is -2.47. The van der Waals surface area contributed by atoms with Crippen molar-refractivity contribution in [3.8, 4) is 0 Å². The number of unbranched alkanes of at least 4 members (excludes halogenated alkanes) is 3. The Balaban J connectivity index is 1.58. The van der Waals surface area contributed by atoms with Gasteiger partial charge in [0.2, 0.25) is 0 Å². The Hall–Kier alpha value is -0.0500. The van der Waals surface area contributed by atoms with Crippen molar-refractivity contribution in [2.24, 2.45) is 11.3 Å². The van der Waals surface area contributed by atoms with Gasteiger partial charge in [-0.2, -0.15) is 0 Å². The lowest BCUT2D eigenvalue weighted by atomic mass is 9.58. The van der Waals surface area contributed by atoms with E-state index >= 15 is 0 Å². The Kier molecular flexibility index (Phi) is 7.69. The van der Waals surface area contributed by atoms with Gasteiger partial charge in [0, 0.05) is 3.57 Å². The van der Waals surface area contributed by atoms with Crippen LogP contribution in [-0.2, 0) is 0 Å². The van der Waals surface area contributed by atoms with Gasteiger partial charge in [0.05, 0.1) is 0 Å². The third-order valence-corrected chi connectivity index (χ3v) is 8.03. The largest absolute Gasteiger partial charge is 0.0654 e. The molecule has 0 saturated heterocycles. The maximum atomic E-state index is 2.42. The molecule has 2 saturated carbocycles. The normalized spacial score (nSPS) is 26.5. The standard InChI is InChI=1S/C24H37I/c1-2-3-4-6-17-24(18-7-5-8-19-24)22-13-9-20(10-14-22)21-11-15-23(25)16-12-21/h11-12,15-16,20,22H,2-10,13-14,17-19H2,1H3. The molecule has 2 fully saturated rings. The topological polar surface area (TPSA) is 0 Å². The van der Waals surface area contributed by atoms with Crippen LogP contribution in [-0.4, -0.2) is 0 Å². The van der Waals surface area contributed by atoms with Crippen molar-refractivity contribution in [1.82, 2.24) is 0 Å². The average Bonchev–Trinajstić information content (AvgIpc) is 2.67. The lowest BCUT2D eigenvalue weighted by Crippen LogP contribution is -2.35. The van der Waals surface area contributed by atoms with E-state index in [0.29, 0.717) is 0 Å². The van der Waals surface area contributed by atoms with Gasteiger partial charge in [-0.05, 0) is 102 Å². The van der Waals surface area contributed by atoms with Gasteiger partial charge in [0.1, 0.15) is 0 Å². The van der Waals surface area contributed by atoms with Crippen LogP contribution >= 0.6 is 22.6 Å². The molecule has 25 heavy (non-hydrogen) atoms. The minimum atomic E-state index is 0.725. The molecule has 0 bridgehead atoms. The summed E-state index contributed by atoms with van der Waals surface area (Å²) in [5.41, 5.74) is 2.32. The zero-order valence-corrected chi connectivity index (χ0v) is 18.4. The molecule has 2 aliphatic carbocycles. The lowest BCUT2D eigenvalue weighted by molar-refractivity contribution is 0.0506. The minimum Gasteiger partial charge on any atom is -0.0654 e. The molecule has 0 unspecified atom stereocenters. The summed E-state index contributed by atoms with van der Waals surface area (Å²) in [6.45, 7) is 2.34. The van der Waals surface area contributed by atoms with Crippen molar-refractivity contribution in [3.63, 3.8) is 0 Å². The maximum absolute atomic E-state index is 2.42. The van der Waals surface area contributed by atoms with Crippen LogP contribution in [0.4, 0.5) is 0 Å². The summed E-state index contributed by atoms with van der Waals surface area (Å²) < 4.78 is 1.36. The summed E-state index contributed by atoms with van der Waals surface area (Å²) in [4.78, 5) is 0. The zero-order valence-electron chi connectivity index (χ0n) is 16.2. The van der Waals surface area contributed by atoms with Gasteiger partial charge in [0.25, 0.3) is 0 Å². The molecule has 0 nitrogen and oxygen atoms in total. The number of halogens is 1. The van der Waals surface area contributed by atoms with E-state index in [-0.39, 0.29) is 0 Å². The Morgan fingerprint density at radius 2 is 1.56 bits per heavy atom. The summed E-state index contributed by atoms with van der Waals surface area (Å²) in [5.74, 6) is 1.85. The van der Waals surface area contributed by atoms with Gasteiger partial charge in [-0.3, -0.25) is 0 Å². The van der Waals surface area contributed by atoms with Crippen molar-refractivity contribution >= 4 is 22.6 Å². The molecule has 0 atom stereocenters. The first kappa shape index (κ1) is 19.7. The fourth-order valence-electron chi connectivity index (χ4n) is 5.80. The fraction of sp³-hybridized carbons (Fsp3) is 0.750. The van der Waals surface area contributed by atoms with Crippen molar-refractivity contribution in [1.29, 1.82) is 0 Å². The summed E-state index contributed by atoms with van der Waals surface area (Å²) in [7, 11) is 0. The monoisotopic (exact) mass is 452 g/mol. The van der Waals surface area contributed by atoms with Crippen LogP contribution in [0.1, 0.15) is 108 Å². The predicted octanol–water partition coefficient (Wildman–Crippen LogP) is 8.49. The van der Waals surface area contributed by atoms with Crippen LogP contribution in [0.5, 0.6) is 0 Å². The Bertz CT molecular complexity index is 489. The van der Waals surface area contributed by atoms with Crippen molar-refractivity contribution in [2.45, 2.75) is 103 Å². The number of hydrogen-bond donors (Lipinski definition) is 0. The molecule has 2 aliphatic rings. The average molecular weight is 452 g/mol. The van der Waals surface area contributed by atoms with E-state index in [0.717, 1.165) is 17.3 Å². The highest BCUT2D eigenvalue weighted by molar-refractivity contribution is 14.1. The molecular weight excluding hydrogens is 415 g/mol. The molecule has 0 spiro atoms. The van der Waals surface area contributed by atoms with Crippen molar-refractivity contribution < 1.29 is 0 Å². The highest BCUT2D eigenvalue weighted by atomic mass is 127. The van der Waals surface area contributed by atoms with Gasteiger partial charge in [-0.1, -0.05) is 64.0 Å². The van der Waals surface area contributed by atoms with Crippen LogP contribution in [0.15, 0.2) is 24.3 Å². The van der Waals surface area contributed by atoms with Crippen molar-refractivity contribution in [2.75, 3.05) is 0 Å². The summed E-state index contributed by atoms with van der Waals surface area (Å²) in [6.07, 6.45) is 20.7. The van der Waals surface area contributed by atoms with Gasteiger partial charge in [-0.15, -0.1) is 0 Å². The van der Waals surface area contributed by atoms with Gasteiger partial charge in [-0.25, -0.2) is 0 Å². The molecule has 1 aromatic carbocycles. The van der Waals surface area contributed by atoms with Gasteiger partial charge >= 0.3 is 0 Å². The molecule has 1 aromatic rings. The predicted molar refractivity (Wildman–Crippen MR) is 118 cm³/mol. The van der Waals surface area contributed by atoms with E-state index in [1.165, 1.54) is 93.5 Å². The van der Waals surface area contributed by atoms with E-state index in [1.807, 2.05) is 0 Å². The van der Waals surface area contributed by atoms with E-state index in [4.69, 9.17) is 0 Å². The molecule has 1 heteroatoms. The van der Waals surface area contributed by atoms with Gasteiger partial charge in [0.15, 0.2) is 0 Å². The van der Waals surface area contributed by atoms with E-state index in [2.05, 4.69) is 53.8 Å². The molecule has 0 aliphatic heterocycles. The highest BCUT2D eigenvalue weighted by Gasteiger charge is 2.40. The van der Waals surface area contributed by atoms with Crippen LogP contribution in [0.3, 0.4) is 0 Å². The Labute approximate surface area is 169 Å². The Morgan fingerprint density at radius 3 is 2.20 bits per heavy atom. The quantitative estimate of drug-likeness (QED) is 0.287. The third kappa shape index (κ3) is 5.23. The highest BCUT2D eigenvalue weighted by Crippen LogP contribution is 2.53. The number of rotatable bonds is 7. The minimum absolute atomic E-state index is 0.725. The second-order valence-electron chi connectivity index (χ2n) is 8.83. The van der Waals surface area contributed by atoms with Crippen LogP contribution in [0.2, 0.25) is 0 Å². The summed E-state index contributed by atoms with van der Waals surface area (Å²) in [6, 6.07) is 9.35. The molecule has 0 N–H and O–H groups in total. The smallest absolute Gasteiger partial charge is 0.0130 e. The molecule has 3 rings (SSSR count). The second-order valence-corrected chi connectivity index (χ2v) is 10.1. The zero-order chi connectivity index (χ0) is 17.5. The van der Waals surface area contributed by atoms with Crippen LogP contribution < -0.4 is 0 Å². The first-order valence-electron chi connectivity index (χ1n) is 11.0. The fourth-order valence-corrected chi connectivity index (χ4v) is 6.16. The maximum Gasteiger partial charge on any atom is 0.0130 e. The van der Waals surface area contributed by atoms with Crippen LogP contribution in [0, 0.1) is 14.9 Å². The summed E-state index contributed by atoms with van der Waals surface area (Å²) in [5, 5.41) is 0. The molecule has 0 amide bonds. The SMILES string of the molecule is CCCCCCC1(C2CCC(c3ccc(I)cc3)CC2)CCCCC1. The molecular formula is C24H37I. The Morgan fingerprint density at radius 1 is 0.880 bits per heavy atom. The molecule has 0 radical (unpaired) electrons. The number of hydrogen-bond acceptors (Lipinski definition) is 0. The molecule has 0 aromatic heterocycles. The van der Waals surface area contributed by atoms with Gasteiger partial charge < -0.3 is 0 Å². The number of benzene rings is 1. The third-order valence-electron chi connectivity index (χ3n) is 7.31. The summed E-state index contributed by atoms with van der Waals surface area (Å²) >= 11 is 2.42. The molecule has 140 valence electrons. The second kappa shape index (κ2) is 9.76. The van der Waals surface area contributed by atoms with E-state index in [9.17, 15) is 0 Å². The van der Waals surface area contributed by atoms with E-state index in [1.54, 1.807) is 5.56 Å².